The number of hydrogen-bond donors (Lipinski definition) is 2. The molecule has 0 aliphatic carbocycles. The number of sulfonamides is 1. The predicted molar refractivity (Wildman–Crippen MR) is 88.9 cm³/mol. The Morgan fingerprint density at radius 3 is 2.92 bits per heavy atom. The first-order valence-corrected chi connectivity index (χ1v) is 9.80. The van der Waals surface area contributed by atoms with Crippen molar-refractivity contribution in [1.82, 2.24) is 10.0 Å². The number of fused-ring (bicyclic) bond motifs is 1. The van der Waals surface area contributed by atoms with Gasteiger partial charge in [-0.3, -0.25) is 9.59 Å². The van der Waals surface area contributed by atoms with Crippen LogP contribution in [0.2, 0.25) is 0 Å². The Labute approximate surface area is 143 Å². The Hall–Kier alpha value is -2.00. The van der Waals surface area contributed by atoms with Crippen LogP contribution in [-0.2, 0) is 26.0 Å². The molecule has 128 valence electrons. The normalized spacial score (nSPS) is 17.6. The molecule has 0 atom stereocenters. The highest BCUT2D eigenvalue weighted by Crippen LogP contribution is 2.26. The monoisotopic (exact) mass is 368 g/mol. The molecule has 0 fully saturated rings. The lowest BCUT2D eigenvalue weighted by molar-refractivity contribution is -0.115. The second kappa shape index (κ2) is 6.48. The molecule has 2 amide bonds. The van der Waals surface area contributed by atoms with Gasteiger partial charge in [-0.05, 0) is 31.0 Å². The van der Waals surface area contributed by atoms with Gasteiger partial charge >= 0.3 is 0 Å². The van der Waals surface area contributed by atoms with Crippen LogP contribution in [0, 0.1) is 0 Å². The highest BCUT2D eigenvalue weighted by atomic mass is 32.2. The molecule has 0 radical (unpaired) electrons. The van der Waals surface area contributed by atoms with E-state index < -0.39 is 15.9 Å². The van der Waals surface area contributed by atoms with E-state index in [4.69, 9.17) is 4.74 Å². The minimum atomic E-state index is -4.07. The number of nitrogens with one attached hydrogen (secondary N) is 2. The summed E-state index contributed by atoms with van der Waals surface area (Å²) in [6.07, 6.45) is 0.647. The summed E-state index contributed by atoms with van der Waals surface area (Å²) < 4.78 is 32.2. The Morgan fingerprint density at radius 2 is 2.17 bits per heavy atom. The maximum absolute atomic E-state index is 12.4. The molecule has 0 saturated heterocycles. The second-order valence-electron chi connectivity index (χ2n) is 5.34. The highest BCUT2D eigenvalue weighted by Gasteiger charge is 2.26. The summed E-state index contributed by atoms with van der Waals surface area (Å²) in [4.78, 5) is 24.2. The van der Waals surface area contributed by atoms with E-state index in [1.807, 2.05) is 4.72 Å². The van der Waals surface area contributed by atoms with Crippen molar-refractivity contribution >= 4 is 33.6 Å². The number of ether oxygens (including phenoxy) is 1. The highest BCUT2D eigenvalue weighted by molar-refractivity contribution is 8.04. The lowest BCUT2D eigenvalue weighted by Gasteiger charge is -2.19. The number of carbonyl (C=O) groups is 2. The minimum absolute atomic E-state index is 0.119. The molecule has 0 saturated carbocycles. The summed E-state index contributed by atoms with van der Waals surface area (Å²) in [5.41, 5.74) is 1.11. The second-order valence-corrected chi connectivity index (χ2v) is 8.13. The van der Waals surface area contributed by atoms with E-state index in [1.165, 1.54) is 23.9 Å². The van der Waals surface area contributed by atoms with Crippen molar-refractivity contribution in [1.29, 1.82) is 0 Å². The molecule has 24 heavy (non-hydrogen) atoms. The Morgan fingerprint density at radius 1 is 1.38 bits per heavy atom. The fourth-order valence-corrected chi connectivity index (χ4v) is 4.38. The third kappa shape index (κ3) is 3.27. The van der Waals surface area contributed by atoms with Gasteiger partial charge in [-0.25, -0.2) is 13.1 Å². The third-order valence-corrected chi connectivity index (χ3v) is 6.18. The first-order chi connectivity index (χ1) is 11.4. The molecule has 0 spiro atoms. The van der Waals surface area contributed by atoms with Gasteiger partial charge in [-0.15, -0.1) is 11.8 Å². The van der Waals surface area contributed by atoms with Crippen molar-refractivity contribution in [3.05, 3.63) is 40.0 Å². The summed E-state index contributed by atoms with van der Waals surface area (Å²) in [6, 6.07) is 4.31. The van der Waals surface area contributed by atoms with E-state index in [2.05, 4.69) is 5.32 Å². The van der Waals surface area contributed by atoms with Crippen LogP contribution < -0.4 is 10.0 Å². The average Bonchev–Trinajstić information content (AvgIpc) is 2.55. The van der Waals surface area contributed by atoms with Crippen LogP contribution in [0.5, 0.6) is 0 Å². The van der Waals surface area contributed by atoms with Crippen LogP contribution in [0.4, 0.5) is 0 Å². The minimum Gasteiger partial charge on any atom is -0.496 e. The van der Waals surface area contributed by atoms with Crippen molar-refractivity contribution in [3.8, 4) is 0 Å². The van der Waals surface area contributed by atoms with Gasteiger partial charge in [0.25, 0.3) is 21.8 Å². The lowest BCUT2D eigenvalue weighted by atomic mass is 10.0. The molecule has 0 aromatic heterocycles. The molecule has 2 aliphatic heterocycles. The largest absolute Gasteiger partial charge is 0.496 e. The maximum Gasteiger partial charge on any atom is 0.274 e. The van der Waals surface area contributed by atoms with Gasteiger partial charge in [0.1, 0.15) is 10.7 Å². The number of carbonyl (C=O) groups excluding carboxylic acids is 2. The zero-order valence-electron chi connectivity index (χ0n) is 12.9. The molecule has 1 aromatic rings. The van der Waals surface area contributed by atoms with E-state index in [9.17, 15) is 18.0 Å². The fourth-order valence-electron chi connectivity index (χ4n) is 2.52. The van der Waals surface area contributed by atoms with Crippen LogP contribution in [0.3, 0.4) is 0 Å². The molecular weight excluding hydrogens is 352 g/mol. The van der Waals surface area contributed by atoms with Crippen molar-refractivity contribution < 1.29 is 22.7 Å². The molecule has 2 N–H and O–H groups in total. The van der Waals surface area contributed by atoms with Crippen molar-refractivity contribution in [3.63, 3.8) is 0 Å². The number of allylic oxidation sites excluding steroid dienone is 1. The molecular formula is C15H16N2O5S2. The van der Waals surface area contributed by atoms with Crippen molar-refractivity contribution in [2.75, 3.05) is 18.9 Å². The summed E-state index contributed by atoms with van der Waals surface area (Å²) in [6.45, 7) is 2.64. The molecule has 9 heteroatoms. The van der Waals surface area contributed by atoms with E-state index >= 15 is 0 Å². The third-order valence-electron chi connectivity index (χ3n) is 3.72. The summed E-state index contributed by atoms with van der Waals surface area (Å²) >= 11 is 1.25. The van der Waals surface area contributed by atoms with Gasteiger partial charge < -0.3 is 10.1 Å². The Balaban J connectivity index is 1.87. The van der Waals surface area contributed by atoms with Crippen LogP contribution in [-0.4, -0.2) is 39.1 Å². The van der Waals surface area contributed by atoms with Crippen LogP contribution >= 0.6 is 11.8 Å². The van der Waals surface area contributed by atoms with Crippen LogP contribution in [0.1, 0.15) is 22.8 Å². The van der Waals surface area contributed by atoms with E-state index in [0.29, 0.717) is 36.6 Å². The summed E-state index contributed by atoms with van der Waals surface area (Å²) in [5, 5.41) is 2.67. The quantitative estimate of drug-likeness (QED) is 0.817. The zero-order chi connectivity index (χ0) is 17.3. The Bertz CT molecular complexity index is 845. The fraction of sp³-hybridized carbons (Fsp3) is 0.333. The average molecular weight is 368 g/mol. The molecule has 3 rings (SSSR count). The molecule has 2 aliphatic rings. The van der Waals surface area contributed by atoms with Gasteiger partial charge in [0.05, 0.1) is 11.5 Å². The van der Waals surface area contributed by atoms with E-state index in [-0.39, 0.29) is 15.7 Å². The number of hydrogen-bond acceptors (Lipinski definition) is 6. The number of benzene rings is 1. The maximum atomic E-state index is 12.4. The van der Waals surface area contributed by atoms with Gasteiger partial charge in [0, 0.05) is 17.9 Å². The molecule has 0 bridgehead atoms. The van der Waals surface area contributed by atoms with Crippen LogP contribution in [0.15, 0.2) is 33.8 Å². The standard InChI is InChI=1S/C15H16N2O5S2/c1-9-13(23-7-6-22-9)15(19)17-24(20,21)11-3-2-10-4-5-16-14(18)12(10)8-11/h2-3,8H,4-7H2,1H3,(H,16,18)(H,17,19). The summed E-state index contributed by atoms with van der Waals surface area (Å²) in [5.74, 6) is -0.0448. The predicted octanol–water partition coefficient (Wildman–Crippen LogP) is 0.772. The van der Waals surface area contributed by atoms with Gasteiger partial charge in [0.15, 0.2) is 0 Å². The number of rotatable bonds is 3. The SMILES string of the molecule is CC1=C(C(=O)NS(=O)(=O)c2ccc3c(c2)C(=O)NCC3)SCCO1. The first kappa shape index (κ1) is 16.8. The Kier molecular flexibility index (Phi) is 4.55. The van der Waals surface area contributed by atoms with Crippen molar-refractivity contribution in [2.24, 2.45) is 0 Å². The lowest BCUT2D eigenvalue weighted by Crippen LogP contribution is -2.34. The topological polar surface area (TPSA) is 102 Å². The molecule has 1 aromatic carbocycles. The van der Waals surface area contributed by atoms with Crippen molar-refractivity contribution in [2.45, 2.75) is 18.2 Å². The number of amides is 2. The smallest absolute Gasteiger partial charge is 0.274 e. The van der Waals surface area contributed by atoms with Gasteiger partial charge in [-0.2, -0.15) is 0 Å². The zero-order valence-corrected chi connectivity index (χ0v) is 14.6. The van der Waals surface area contributed by atoms with Crippen LogP contribution in [0.25, 0.3) is 0 Å². The van der Waals surface area contributed by atoms with E-state index in [0.717, 1.165) is 5.56 Å². The van der Waals surface area contributed by atoms with Gasteiger partial charge in [0.2, 0.25) is 0 Å². The first-order valence-electron chi connectivity index (χ1n) is 7.33. The van der Waals surface area contributed by atoms with E-state index in [1.54, 1.807) is 13.0 Å². The molecule has 0 unspecified atom stereocenters. The van der Waals surface area contributed by atoms with Gasteiger partial charge in [-0.1, -0.05) is 6.07 Å². The molecule has 7 nitrogen and oxygen atoms in total. The summed E-state index contributed by atoms with van der Waals surface area (Å²) in [7, 11) is -4.07. The number of thioether (sulfide) groups is 1. The molecule has 2 heterocycles.